The summed E-state index contributed by atoms with van der Waals surface area (Å²) >= 11 is 0. The summed E-state index contributed by atoms with van der Waals surface area (Å²) in [6.45, 7) is 5.49. The van der Waals surface area contributed by atoms with Crippen LogP contribution in [0.3, 0.4) is 0 Å². The number of nitrogens with two attached hydrogens (primary N) is 1. The molecule has 0 spiro atoms. The Morgan fingerprint density at radius 2 is 1.76 bits per heavy atom. The van der Waals surface area contributed by atoms with Crippen LogP contribution in [0.4, 0.5) is 10.1 Å². The number of amides is 2. The van der Waals surface area contributed by atoms with Gasteiger partial charge in [-0.15, -0.1) is 0 Å². The van der Waals surface area contributed by atoms with Gasteiger partial charge >= 0.3 is 0 Å². The number of likely N-dealkylation sites (tertiary alicyclic amines) is 1. The normalized spacial score (nSPS) is 15.9. The average Bonchev–Trinajstić information content (AvgIpc) is 2.65. The first-order valence-electron chi connectivity index (χ1n) is 9.01. The highest BCUT2D eigenvalue weighted by Crippen LogP contribution is 2.30. The molecule has 1 aromatic carbocycles. The van der Waals surface area contributed by atoms with Crippen LogP contribution in [-0.2, 0) is 9.59 Å². The van der Waals surface area contributed by atoms with Gasteiger partial charge < -0.3 is 16.0 Å². The van der Waals surface area contributed by atoms with Crippen LogP contribution < -0.4 is 11.1 Å². The summed E-state index contributed by atoms with van der Waals surface area (Å²) in [6.07, 6.45) is 2.72. The van der Waals surface area contributed by atoms with Gasteiger partial charge in [-0.2, -0.15) is 0 Å². The van der Waals surface area contributed by atoms with Crippen molar-refractivity contribution in [2.24, 2.45) is 17.1 Å². The molecule has 1 fully saturated rings. The monoisotopic (exact) mass is 349 g/mol. The fourth-order valence-electron chi connectivity index (χ4n) is 3.39. The number of rotatable bonds is 6. The molecule has 0 saturated carbocycles. The molecule has 2 amide bonds. The van der Waals surface area contributed by atoms with Crippen molar-refractivity contribution < 1.29 is 14.0 Å². The number of benzene rings is 1. The van der Waals surface area contributed by atoms with Crippen LogP contribution in [0.5, 0.6) is 0 Å². The van der Waals surface area contributed by atoms with Gasteiger partial charge in [-0.05, 0) is 49.9 Å². The molecule has 0 bridgehead atoms. The van der Waals surface area contributed by atoms with Crippen molar-refractivity contribution in [2.75, 3.05) is 25.0 Å². The quantitative estimate of drug-likeness (QED) is 0.829. The van der Waals surface area contributed by atoms with Gasteiger partial charge in [0.25, 0.3) is 0 Å². The number of carbonyl (C=O) groups excluding carboxylic acids is 2. The average molecular weight is 349 g/mol. The number of hydrogen-bond donors (Lipinski definition) is 2. The largest absolute Gasteiger partial charge is 0.342 e. The van der Waals surface area contributed by atoms with E-state index in [1.807, 2.05) is 18.7 Å². The van der Waals surface area contributed by atoms with Gasteiger partial charge in [0, 0.05) is 31.2 Å². The number of piperidine rings is 1. The Hall–Kier alpha value is -1.95. The zero-order chi connectivity index (χ0) is 18.4. The number of nitrogens with zero attached hydrogens (tertiary/aromatic N) is 1. The van der Waals surface area contributed by atoms with Crippen molar-refractivity contribution in [1.29, 1.82) is 0 Å². The predicted octanol–water partition coefficient (Wildman–Crippen LogP) is 2.77. The van der Waals surface area contributed by atoms with E-state index in [-0.39, 0.29) is 23.5 Å². The van der Waals surface area contributed by atoms with E-state index in [0.29, 0.717) is 38.2 Å². The molecule has 1 aliphatic heterocycles. The molecule has 3 N–H and O–H groups in total. The van der Waals surface area contributed by atoms with Gasteiger partial charge in [0.1, 0.15) is 5.82 Å². The van der Waals surface area contributed by atoms with Crippen molar-refractivity contribution in [3.8, 4) is 0 Å². The molecule has 1 heterocycles. The summed E-state index contributed by atoms with van der Waals surface area (Å²) in [6, 6.07) is 5.73. The first-order valence-corrected chi connectivity index (χ1v) is 9.01. The summed E-state index contributed by atoms with van der Waals surface area (Å²) in [5, 5.41) is 2.82. The van der Waals surface area contributed by atoms with Crippen LogP contribution in [0.2, 0.25) is 0 Å². The minimum Gasteiger partial charge on any atom is -0.342 e. The minimum absolute atomic E-state index is 0.0743. The molecule has 138 valence electrons. The second kappa shape index (κ2) is 8.43. The van der Waals surface area contributed by atoms with E-state index in [4.69, 9.17) is 5.73 Å². The fourth-order valence-corrected chi connectivity index (χ4v) is 3.39. The molecule has 25 heavy (non-hydrogen) atoms. The van der Waals surface area contributed by atoms with Crippen LogP contribution in [0.25, 0.3) is 0 Å². The van der Waals surface area contributed by atoms with Crippen LogP contribution in [0.1, 0.15) is 39.5 Å². The Kier molecular flexibility index (Phi) is 6.53. The van der Waals surface area contributed by atoms with Gasteiger partial charge in [-0.1, -0.05) is 13.8 Å². The van der Waals surface area contributed by atoms with Crippen LogP contribution >= 0.6 is 0 Å². The smallest absolute Gasteiger partial charge is 0.230 e. The SMILES string of the molecule is CCC(CC)(CN)C(=O)N1CCC(C(=O)Nc2ccc(F)cc2)CC1. The number of anilines is 1. The molecule has 1 aliphatic rings. The lowest BCUT2D eigenvalue weighted by molar-refractivity contribution is -0.144. The second-order valence-electron chi connectivity index (χ2n) is 6.75. The summed E-state index contributed by atoms with van der Waals surface area (Å²) in [4.78, 5) is 27.0. The van der Waals surface area contributed by atoms with Crippen LogP contribution in [-0.4, -0.2) is 36.3 Å². The van der Waals surface area contributed by atoms with E-state index in [1.165, 1.54) is 12.1 Å². The van der Waals surface area contributed by atoms with Gasteiger partial charge in [0.05, 0.1) is 5.41 Å². The maximum atomic E-state index is 12.9. The van der Waals surface area contributed by atoms with E-state index < -0.39 is 5.41 Å². The molecule has 5 nitrogen and oxygen atoms in total. The third kappa shape index (κ3) is 4.37. The maximum absolute atomic E-state index is 12.9. The number of hydrogen-bond acceptors (Lipinski definition) is 3. The summed E-state index contributed by atoms with van der Waals surface area (Å²) < 4.78 is 12.9. The Bertz CT molecular complexity index is 583. The number of halogens is 1. The Morgan fingerprint density at radius 3 is 2.24 bits per heavy atom. The molecule has 0 radical (unpaired) electrons. The lowest BCUT2D eigenvalue weighted by atomic mass is 9.80. The van der Waals surface area contributed by atoms with Crippen molar-refractivity contribution in [1.82, 2.24) is 4.90 Å². The molecule has 0 unspecified atom stereocenters. The zero-order valence-electron chi connectivity index (χ0n) is 15.1. The number of nitrogens with one attached hydrogen (secondary N) is 1. The van der Waals surface area contributed by atoms with Gasteiger partial charge in [-0.3, -0.25) is 9.59 Å². The molecule has 1 saturated heterocycles. The third-order valence-corrected chi connectivity index (χ3v) is 5.46. The first kappa shape index (κ1) is 19.4. The lowest BCUT2D eigenvalue weighted by Gasteiger charge is -2.38. The second-order valence-corrected chi connectivity index (χ2v) is 6.75. The van der Waals surface area contributed by atoms with Crippen molar-refractivity contribution in [2.45, 2.75) is 39.5 Å². The van der Waals surface area contributed by atoms with Crippen molar-refractivity contribution in [3.63, 3.8) is 0 Å². The molecule has 0 aliphatic carbocycles. The van der Waals surface area contributed by atoms with E-state index >= 15 is 0 Å². The van der Waals surface area contributed by atoms with Gasteiger partial charge in [0.2, 0.25) is 11.8 Å². The minimum atomic E-state index is -0.483. The fraction of sp³-hybridized carbons (Fsp3) is 0.579. The topological polar surface area (TPSA) is 75.4 Å². The maximum Gasteiger partial charge on any atom is 0.230 e. The highest BCUT2D eigenvalue weighted by Gasteiger charge is 2.38. The van der Waals surface area contributed by atoms with E-state index in [1.54, 1.807) is 12.1 Å². The summed E-state index contributed by atoms with van der Waals surface area (Å²) in [7, 11) is 0. The van der Waals surface area contributed by atoms with Crippen molar-refractivity contribution >= 4 is 17.5 Å². The van der Waals surface area contributed by atoms with Crippen molar-refractivity contribution in [3.05, 3.63) is 30.1 Å². The highest BCUT2D eigenvalue weighted by molar-refractivity contribution is 5.92. The summed E-state index contributed by atoms with van der Waals surface area (Å²) in [5.41, 5.74) is 5.97. The standard InChI is InChI=1S/C19H28FN3O2/c1-3-19(4-2,13-21)18(25)23-11-9-14(10-12-23)17(24)22-16-7-5-15(20)6-8-16/h5-8,14H,3-4,9-13,21H2,1-2H3,(H,22,24). The molecule has 6 heteroatoms. The molecular formula is C19H28FN3O2. The zero-order valence-corrected chi connectivity index (χ0v) is 15.1. The van der Waals surface area contributed by atoms with E-state index in [2.05, 4.69) is 5.32 Å². The molecule has 0 aromatic heterocycles. The predicted molar refractivity (Wildman–Crippen MR) is 96.4 cm³/mol. The van der Waals surface area contributed by atoms with Crippen LogP contribution in [0.15, 0.2) is 24.3 Å². The Morgan fingerprint density at radius 1 is 1.20 bits per heavy atom. The highest BCUT2D eigenvalue weighted by atomic mass is 19.1. The van der Waals surface area contributed by atoms with E-state index in [9.17, 15) is 14.0 Å². The Labute approximate surface area is 148 Å². The molecular weight excluding hydrogens is 321 g/mol. The number of carbonyl (C=O) groups is 2. The summed E-state index contributed by atoms with van der Waals surface area (Å²) in [5.74, 6) is -0.433. The lowest BCUT2D eigenvalue weighted by Crippen LogP contribution is -2.50. The van der Waals surface area contributed by atoms with Gasteiger partial charge in [0.15, 0.2) is 0 Å². The first-order chi connectivity index (χ1) is 12.0. The molecule has 1 aromatic rings. The molecule has 2 rings (SSSR count). The van der Waals surface area contributed by atoms with Gasteiger partial charge in [-0.25, -0.2) is 4.39 Å². The van der Waals surface area contributed by atoms with Crippen LogP contribution in [0, 0.1) is 17.2 Å². The van der Waals surface area contributed by atoms with E-state index in [0.717, 1.165) is 12.8 Å². The third-order valence-electron chi connectivity index (χ3n) is 5.46. The Balaban J connectivity index is 1.91. The molecule has 0 atom stereocenters.